The van der Waals surface area contributed by atoms with E-state index in [2.05, 4.69) is 17.9 Å². The molecule has 0 saturated heterocycles. The molecule has 0 aliphatic heterocycles. The Kier molecular flexibility index (Phi) is 3.84. The molecule has 0 radical (unpaired) electrons. The summed E-state index contributed by atoms with van der Waals surface area (Å²) < 4.78 is 0. The van der Waals surface area contributed by atoms with E-state index in [1.807, 2.05) is 6.07 Å². The third-order valence-electron chi connectivity index (χ3n) is 6.81. The highest BCUT2D eigenvalue weighted by Gasteiger charge is 2.52. The fourth-order valence-corrected chi connectivity index (χ4v) is 6.88. The quantitative estimate of drug-likeness (QED) is 0.722. The maximum Gasteiger partial charge on any atom is 0.347 e. The van der Waals surface area contributed by atoms with Crippen molar-refractivity contribution in [1.82, 2.24) is 0 Å². The van der Waals surface area contributed by atoms with E-state index in [9.17, 15) is 15.0 Å². The molecule has 1 aromatic carbocycles. The number of carboxylic acid groups (broad SMARTS) is 1. The number of hydrogen-bond acceptors (Lipinski definition) is 3. The predicted octanol–water partition coefficient (Wildman–Crippen LogP) is 5.02. The first kappa shape index (κ1) is 16.9. The van der Waals surface area contributed by atoms with Crippen molar-refractivity contribution in [2.45, 2.75) is 43.9 Å². The summed E-state index contributed by atoms with van der Waals surface area (Å²) >= 11 is 1.19. The molecule has 4 bridgehead atoms. The van der Waals surface area contributed by atoms with Gasteiger partial charge in [-0.15, -0.1) is 11.3 Å². The Morgan fingerprint density at radius 2 is 1.70 bits per heavy atom. The van der Waals surface area contributed by atoms with Gasteiger partial charge in [0.2, 0.25) is 0 Å². The van der Waals surface area contributed by atoms with Gasteiger partial charge in [-0.2, -0.15) is 0 Å². The first-order valence-electron chi connectivity index (χ1n) is 9.69. The molecule has 4 heteroatoms. The highest BCUT2D eigenvalue weighted by atomic mass is 32.1. The van der Waals surface area contributed by atoms with Gasteiger partial charge >= 0.3 is 5.97 Å². The van der Waals surface area contributed by atoms with Crippen LogP contribution in [0.15, 0.2) is 29.6 Å². The van der Waals surface area contributed by atoms with Gasteiger partial charge in [0.15, 0.2) is 0 Å². The monoisotopic (exact) mass is 378 g/mol. The van der Waals surface area contributed by atoms with E-state index >= 15 is 0 Å². The van der Waals surface area contributed by atoms with Crippen LogP contribution in [0, 0.1) is 29.6 Å². The van der Waals surface area contributed by atoms with Gasteiger partial charge < -0.3 is 10.2 Å². The van der Waals surface area contributed by atoms with Gasteiger partial charge in [0.25, 0.3) is 0 Å². The Labute approximate surface area is 163 Å². The van der Waals surface area contributed by atoms with Crippen LogP contribution in [0.1, 0.15) is 64.9 Å². The van der Waals surface area contributed by atoms with Crippen LogP contribution < -0.4 is 0 Å². The molecule has 138 valence electrons. The lowest BCUT2D eigenvalue weighted by atomic mass is 9.48. The lowest BCUT2D eigenvalue weighted by Gasteiger charge is -2.57. The maximum atomic E-state index is 11.3. The number of carboxylic acids is 1. The van der Waals surface area contributed by atoms with Crippen molar-refractivity contribution < 1.29 is 15.0 Å². The van der Waals surface area contributed by atoms with Gasteiger partial charge in [0.1, 0.15) is 10.6 Å². The third kappa shape index (κ3) is 2.85. The maximum absolute atomic E-state index is 11.3. The van der Waals surface area contributed by atoms with Crippen molar-refractivity contribution in [2.75, 3.05) is 0 Å². The fraction of sp³-hybridized carbons (Fsp3) is 0.435. The van der Waals surface area contributed by atoms with E-state index in [4.69, 9.17) is 0 Å². The van der Waals surface area contributed by atoms with Crippen LogP contribution in [0.4, 0.5) is 0 Å². The van der Waals surface area contributed by atoms with Crippen molar-refractivity contribution in [3.63, 3.8) is 0 Å². The molecule has 0 amide bonds. The fourth-order valence-electron chi connectivity index (χ4n) is 6.19. The van der Waals surface area contributed by atoms with Gasteiger partial charge in [0, 0.05) is 11.1 Å². The van der Waals surface area contributed by atoms with E-state index in [0.717, 1.165) is 28.9 Å². The first-order valence-corrected chi connectivity index (χ1v) is 10.6. The molecule has 4 saturated carbocycles. The van der Waals surface area contributed by atoms with Gasteiger partial charge in [-0.05, 0) is 91.3 Å². The highest BCUT2D eigenvalue weighted by molar-refractivity contribution is 7.12. The Morgan fingerprint density at radius 3 is 2.33 bits per heavy atom. The van der Waals surface area contributed by atoms with Gasteiger partial charge in [-0.3, -0.25) is 0 Å². The minimum absolute atomic E-state index is 0.116. The summed E-state index contributed by atoms with van der Waals surface area (Å²) in [5.41, 5.74) is 2.58. The standard InChI is InChI=1S/C23H22O3S/c24-20-4-2-14(1-3-18-5-6-27-21(18)22(25)26)10-19(20)23-11-15-7-16(12-23)9-17(8-15)13-23/h2,4-6,10,15-17,24H,7-9,11-13H2,(H,25,26). The van der Waals surface area contributed by atoms with E-state index in [-0.39, 0.29) is 10.3 Å². The SMILES string of the molecule is O=C(O)c1sccc1C#Cc1ccc(O)c(C23CC4CC(CC(C4)C2)C3)c1. The zero-order valence-corrected chi connectivity index (χ0v) is 15.9. The molecule has 0 unspecified atom stereocenters. The number of hydrogen-bond donors (Lipinski definition) is 2. The number of aromatic carboxylic acids is 1. The van der Waals surface area contributed by atoms with E-state index in [1.54, 1.807) is 17.5 Å². The molecular weight excluding hydrogens is 356 g/mol. The summed E-state index contributed by atoms with van der Waals surface area (Å²) in [6.07, 6.45) is 7.69. The van der Waals surface area contributed by atoms with Crippen LogP contribution in [0.2, 0.25) is 0 Å². The van der Waals surface area contributed by atoms with Crippen LogP contribution in [-0.2, 0) is 5.41 Å². The average molecular weight is 378 g/mol. The van der Waals surface area contributed by atoms with Gasteiger partial charge in [-0.1, -0.05) is 11.8 Å². The molecule has 27 heavy (non-hydrogen) atoms. The molecule has 0 atom stereocenters. The summed E-state index contributed by atoms with van der Waals surface area (Å²) in [7, 11) is 0. The minimum Gasteiger partial charge on any atom is -0.508 e. The van der Waals surface area contributed by atoms with Gasteiger partial charge in [-0.25, -0.2) is 4.79 Å². The molecule has 3 nitrogen and oxygen atoms in total. The van der Waals surface area contributed by atoms with Crippen LogP contribution in [-0.4, -0.2) is 16.2 Å². The third-order valence-corrected chi connectivity index (χ3v) is 7.71. The second kappa shape index (κ2) is 6.14. The largest absolute Gasteiger partial charge is 0.508 e. The zero-order chi connectivity index (χ0) is 18.6. The number of aromatic hydroxyl groups is 1. The van der Waals surface area contributed by atoms with E-state index in [1.165, 1.54) is 49.9 Å². The van der Waals surface area contributed by atoms with E-state index < -0.39 is 5.97 Å². The molecule has 0 spiro atoms. The number of phenolic OH excluding ortho intramolecular Hbond substituents is 1. The van der Waals surface area contributed by atoms with Crippen molar-refractivity contribution in [3.05, 3.63) is 51.2 Å². The number of benzene rings is 1. The minimum atomic E-state index is -0.936. The lowest BCUT2D eigenvalue weighted by Crippen LogP contribution is -2.48. The number of phenols is 1. The molecule has 2 N–H and O–H groups in total. The zero-order valence-electron chi connectivity index (χ0n) is 15.1. The number of thiophene rings is 1. The molecule has 4 aliphatic rings. The van der Waals surface area contributed by atoms with Crippen LogP contribution >= 0.6 is 11.3 Å². The van der Waals surface area contributed by atoms with Crippen LogP contribution in [0.3, 0.4) is 0 Å². The Morgan fingerprint density at radius 1 is 1.04 bits per heavy atom. The number of carbonyl (C=O) groups is 1. The van der Waals surface area contributed by atoms with E-state index in [0.29, 0.717) is 11.3 Å². The number of rotatable bonds is 2. The predicted molar refractivity (Wildman–Crippen MR) is 105 cm³/mol. The second-order valence-electron chi connectivity index (χ2n) is 8.65. The molecule has 4 aliphatic carbocycles. The molecule has 1 aromatic heterocycles. The van der Waals surface area contributed by atoms with Crippen molar-refractivity contribution >= 4 is 17.3 Å². The van der Waals surface area contributed by atoms with Crippen LogP contribution in [0.5, 0.6) is 5.75 Å². The molecule has 4 fully saturated rings. The Balaban J connectivity index is 1.50. The smallest absolute Gasteiger partial charge is 0.347 e. The molecule has 2 aromatic rings. The average Bonchev–Trinajstić information content (AvgIpc) is 3.08. The summed E-state index contributed by atoms with van der Waals surface area (Å²) in [4.78, 5) is 11.5. The van der Waals surface area contributed by atoms with Crippen molar-refractivity contribution in [1.29, 1.82) is 0 Å². The highest BCUT2D eigenvalue weighted by Crippen LogP contribution is 2.61. The molecule has 6 rings (SSSR count). The Bertz CT molecular complexity index is 940. The van der Waals surface area contributed by atoms with Crippen molar-refractivity contribution in [2.24, 2.45) is 17.8 Å². The first-order chi connectivity index (χ1) is 13.0. The summed E-state index contributed by atoms with van der Waals surface area (Å²) in [6, 6.07) is 7.41. The normalized spacial score (nSPS) is 30.7. The molecular formula is C23H22O3S. The van der Waals surface area contributed by atoms with Crippen LogP contribution in [0.25, 0.3) is 0 Å². The summed E-state index contributed by atoms with van der Waals surface area (Å²) in [6.45, 7) is 0. The summed E-state index contributed by atoms with van der Waals surface area (Å²) in [5, 5.41) is 21.6. The van der Waals surface area contributed by atoms with Gasteiger partial charge in [0.05, 0.1) is 5.56 Å². The molecule has 1 heterocycles. The Hall–Kier alpha value is -2.25. The topological polar surface area (TPSA) is 57.5 Å². The summed E-state index contributed by atoms with van der Waals surface area (Å²) in [5.74, 6) is 8.03. The van der Waals surface area contributed by atoms with Crippen molar-refractivity contribution in [3.8, 4) is 17.6 Å². The second-order valence-corrected chi connectivity index (χ2v) is 9.56. The lowest BCUT2D eigenvalue weighted by molar-refractivity contribution is -0.00614.